The molecule has 0 saturated carbocycles. The van der Waals surface area contributed by atoms with Crippen LogP contribution in [0.2, 0.25) is 0 Å². The lowest BCUT2D eigenvalue weighted by molar-refractivity contribution is -0.117. The number of hydrogen-bond acceptors (Lipinski definition) is 2. The molecule has 2 amide bonds. The number of rotatable bonds is 2. The van der Waals surface area contributed by atoms with E-state index >= 15 is 0 Å². The zero-order valence-electron chi connectivity index (χ0n) is 19.7. The van der Waals surface area contributed by atoms with E-state index in [9.17, 15) is 9.59 Å². The highest BCUT2D eigenvalue weighted by Crippen LogP contribution is 2.37. The fraction of sp³-hybridized carbons (Fsp3) is 0.643. The van der Waals surface area contributed by atoms with Crippen molar-refractivity contribution in [2.24, 2.45) is 0 Å². The molecule has 0 atom stereocenters. The lowest BCUT2D eigenvalue weighted by Gasteiger charge is -2.14. The van der Waals surface area contributed by atoms with Crippen LogP contribution in [-0.2, 0) is 9.59 Å². The van der Waals surface area contributed by atoms with Crippen LogP contribution in [0.4, 0.5) is 0 Å². The zero-order valence-corrected chi connectivity index (χ0v) is 19.7. The monoisotopic (exact) mass is 436 g/mol. The van der Waals surface area contributed by atoms with Crippen molar-refractivity contribution in [1.82, 2.24) is 10.6 Å². The second-order valence-corrected chi connectivity index (χ2v) is 9.89. The molecule has 2 aliphatic heterocycles. The Morgan fingerprint density at radius 3 is 1.22 bits per heavy atom. The number of allylic oxidation sites excluding steroid dienone is 4. The van der Waals surface area contributed by atoms with E-state index in [0.717, 1.165) is 55.5 Å². The van der Waals surface area contributed by atoms with Gasteiger partial charge in [-0.25, -0.2) is 0 Å². The minimum absolute atomic E-state index is 0.103. The predicted octanol–water partition coefficient (Wildman–Crippen LogP) is 6.66. The summed E-state index contributed by atoms with van der Waals surface area (Å²) in [6.07, 6.45) is 26.0. The summed E-state index contributed by atoms with van der Waals surface area (Å²) < 4.78 is 0. The Morgan fingerprint density at radius 2 is 0.812 bits per heavy atom. The quantitative estimate of drug-likeness (QED) is 0.509. The first-order chi connectivity index (χ1) is 15.8. The van der Waals surface area contributed by atoms with Gasteiger partial charge in [-0.2, -0.15) is 0 Å². The predicted molar refractivity (Wildman–Crippen MR) is 130 cm³/mol. The molecule has 0 unspecified atom stereocenters. The summed E-state index contributed by atoms with van der Waals surface area (Å²) >= 11 is 0. The minimum atomic E-state index is -0.103. The SMILES string of the molecule is O=C1NC(/C2=C/CCCCCCCCCC2)=C2C(=O)NC(/C3=C/CCCCCCCC3)=C12. The third-order valence-electron chi connectivity index (χ3n) is 7.41. The molecule has 2 heterocycles. The van der Waals surface area contributed by atoms with Crippen LogP contribution >= 0.6 is 0 Å². The van der Waals surface area contributed by atoms with Gasteiger partial charge in [-0.05, 0) is 62.5 Å². The molecule has 32 heavy (non-hydrogen) atoms. The van der Waals surface area contributed by atoms with Crippen molar-refractivity contribution in [1.29, 1.82) is 0 Å². The van der Waals surface area contributed by atoms with E-state index in [4.69, 9.17) is 0 Å². The number of carbonyl (C=O) groups excluding carboxylic acids is 2. The molecule has 0 bridgehead atoms. The van der Waals surface area contributed by atoms with E-state index in [-0.39, 0.29) is 11.8 Å². The second kappa shape index (κ2) is 11.7. The average molecular weight is 437 g/mol. The molecular weight excluding hydrogens is 396 g/mol. The van der Waals surface area contributed by atoms with Crippen molar-refractivity contribution in [3.8, 4) is 0 Å². The molecule has 4 nitrogen and oxygen atoms in total. The molecule has 0 radical (unpaired) electrons. The highest BCUT2D eigenvalue weighted by atomic mass is 16.2. The van der Waals surface area contributed by atoms with Gasteiger partial charge in [0.2, 0.25) is 0 Å². The Kier molecular flexibility index (Phi) is 8.42. The summed E-state index contributed by atoms with van der Waals surface area (Å²) in [4.78, 5) is 26.2. The van der Waals surface area contributed by atoms with Crippen LogP contribution in [0.25, 0.3) is 0 Å². The third-order valence-corrected chi connectivity index (χ3v) is 7.41. The summed E-state index contributed by atoms with van der Waals surface area (Å²) in [7, 11) is 0. The van der Waals surface area contributed by atoms with Gasteiger partial charge < -0.3 is 10.6 Å². The fourth-order valence-corrected chi connectivity index (χ4v) is 5.56. The molecule has 0 aromatic heterocycles. The number of amides is 2. The first kappa shape index (κ1) is 23.1. The summed E-state index contributed by atoms with van der Waals surface area (Å²) in [6, 6.07) is 0. The molecular formula is C28H40N2O2. The van der Waals surface area contributed by atoms with Crippen LogP contribution in [0.1, 0.15) is 116 Å². The number of nitrogens with one attached hydrogen (secondary N) is 2. The molecule has 4 aliphatic rings. The summed E-state index contributed by atoms with van der Waals surface area (Å²) in [5, 5.41) is 6.22. The maximum absolute atomic E-state index is 13.1. The summed E-state index contributed by atoms with van der Waals surface area (Å²) in [6.45, 7) is 0. The molecule has 0 aromatic carbocycles. The highest BCUT2D eigenvalue weighted by molar-refractivity contribution is 6.20. The second-order valence-electron chi connectivity index (χ2n) is 9.89. The Labute approximate surface area is 193 Å². The number of fused-ring (bicyclic) bond motifs is 1. The van der Waals surface area contributed by atoms with E-state index in [1.807, 2.05) is 0 Å². The molecule has 2 aliphatic carbocycles. The summed E-state index contributed by atoms with van der Waals surface area (Å²) in [5.41, 5.74) is 5.10. The Bertz CT molecular complexity index is 843. The van der Waals surface area contributed by atoms with Gasteiger partial charge in [0, 0.05) is 0 Å². The molecule has 0 saturated heterocycles. The van der Waals surface area contributed by atoms with Gasteiger partial charge in [-0.1, -0.05) is 76.4 Å². The van der Waals surface area contributed by atoms with Crippen LogP contribution in [0.5, 0.6) is 0 Å². The summed E-state index contributed by atoms with van der Waals surface area (Å²) in [5.74, 6) is -0.207. The van der Waals surface area contributed by atoms with Crippen molar-refractivity contribution in [3.05, 3.63) is 45.8 Å². The molecule has 4 heteroatoms. The standard InChI is InChI=1S/C28H40N2O2/c31-27-23-24(26(30-27)22-19-15-11-7-4-8-12-16-20-22)28(32)29-25(23)21-17-13-9-5-2-1-3-6-10-14-18-21/h17,19H,1-16,18,20H2,(H,29,32)(H,30,31)/b21-17+,22-19+. The van der Waals surface area contributed by atoms with E-state index in [1.165, 1.54) is 82.6 Å². The van der Waals surface area contributed by atoms with Crippen molar-refractivity contribution in [2.45, 2.75) is 116 Å². The molecule has 174 valence electrons. The van der Waals surface area contributed by atoms with Crippen LogP contribution in [-0.4, -0.2) is 11.8 Å². The smallest absolute Gasteiger partial charge is 0.258 e. The van der Waals surface area contributed by atoms with Crippen LogP contribution < -0.4 is 10.6 Å². The Hall–Kier alpha value is -2.10. The van der Waals surface area contributed by atoms with Gasteiger partial charge in [-0.15, -0.1) is 0 Å². The van der Waals surface area contributed by atoms with Crippen molar-refractivity contribution in [2.75, 3.05) is 0 Å². The van der Waals surface area contributed by atoms with Gasteiger partial charge in [0.05, 0.1) is 22.5 Å². The van der Waals surface area contributed by atoms with E-state index in [2.05, 4.69) is 22.8 Å². The van der Waals surface area contributed by atoms with Gasteiger partial charge in [0.25, 0.3) is 11.8 Å². The molecule has 0 aromatic rings. The maximum Gasteiger partial charge on any atom is 0.258 e. The first-order valence-electron chi connectivity index (χ1n) is 13.3. The lowest BCUT2D eigenvalue weighted by Crippen LogP contribution is -2.24. The fourth-order valence-electron chi connectivity index (χ4n) is 5.56. The first-order valence-corrected chi connectivity index (χ1v) is 13.3. The van der Waals surface area contributed by atoms with Crippen LogP contribution in [0.3, 0.4) is 0 Å². The molecule has 2 N–H and O–H groups in total. The van der Waals surface area contributed by atoms with Gasteiger partial charge in [0.15, 0.2) is 0 Å². The average Bonchev–Trinajstić information content (AvgIpc) is 3.31. The molecule has 0 fully saturated rings. The van der Waals surface area contributed by atoms with Crippen molar-refractivity contribution in [3.63, 3.8) is 0 Å². The Morgan fingerprint density at radius 1 is 0.469 bits per heavy atom. The van der Waals surface area contributed by atoms with E-state index in [0.29, 0.717) is 11.1 Å². The van der Waals surface area contributed by atoms with E-state index in [1.54, 1.807) is 0 Å². The van der Waals surface area contributed by atoms with Crippen molar-refractivity contribution < 1.29 is 9.59 Å². The topological polar surface area (TPSA) is 58.2 Å². The third kappa shape index (κ3) is 5.63. The normalized spacial score (nSPS) is 27.9. The van der Waals surface area contributed by atoms with Gasteiger partial charge in [-0.3, -0.25) is 9.59 Å². The lowest BCUT2D eigenvalue weighted by atomic mass is 9.94. The minimum Gasteiger partial charge on any atom is -0.321 e. The maximum atomic E-state index is 13.1. The van der Waals surface area contributed by atoms with Crippen molar-refractivity contribution >= 4 is 11.8 Å². The zero-order chi connectivity index (χ0) is 22.2. The number of hydrogen-bond donors (Lipinski definition) is 2. The van der Waals surface area contributed by atoms with Gasteiger partial charge >= 0.3 is 0 Å². The van der Waals surface area contributed by atoms with Gasteiger partial charge in [0.1, 0.15) is 0 Å². The highest BCUT2D eigenvalue weighted by Gasteiger charge is 2.41. The largest absolute Gasteiger partial charge is 0.321 e. The number of carbonyl (C=O) groups is 2. The van der Waals surface area contributed by atoms with E-state index < -0.39 is 0 Å². The molecule has 4 rings (SSSR count). The van der Waals surface area contributed by atoms with Crippen LogP contribution in [0.15, 0.2) is 45.8 Å². The molecule has 0 spiro atoms. The van der Waals surface area contributed by atoms with Crippen LogP contribution in [0, 0.1) is 0 Å². The Balaban J connectivity index is 1.63.